The number of aromatic nitrogens is 2. The first kappa shape index (κ1) is 13.8. The van der Waals surface area contributed by atoms with Gasteiger partial charge in [0.2, 0.25) is 0 Å². The van der Waals surface area contributed by atoms with Gasteiger partial charge >= 0.3 is 5.97 Å². The first-order valence-corrected chi connectivity index (χ1v) is 6.69. The molecule has 1 aliphatic rings. The summed E-state index contributed by atoms with van der Waals surface area (Å²) in [4.78, 5) is 13.4. The molecule has 0 radical (unpaired) electrons. The van der Waals surface area contributed by atoms with Gasteiger partial charge in [-0.1, -0.05) is 6.42 Å². The van der Waals surface area contributed by atoms with Crippen LogP contribution in [0.1, 0.15) is 25.0 Å². The van der Waals surface area contributed by atoms with Crippen LogP contribution in [0.15, 0.2) is 18.3 Å². The molecule has 1 aromatic rings. The van der Waals surface area contributed by atoms with Crippen LogP contribution in [0, 0.1) is 0 Å². The second-order valence-corrected chi connectivity index (χ2v) is 4.95. The maximum absolute atomic E-state index is 11.0. The van der Waals surface area contributed by atoms with Crippen LogP contribution < -0.4 is 0 Å². The summed E-state index contributed by atoms with van der Waals surface area (Å²) < 4.78 is 6.50. The quantitative estimate of drug-likeness (QED) is 0.611. The van der Waals surface area contributed by atoms with Crippen molar-refractivity contribution < 1.29 is 9.53 Å². The zero-order valence-electron chi connectivity index (χ0n) is 11.6. The summed E-state index contributed by atoms with van der Waals surface area (Å²) in [5, 5.41) is 4.44. The molecule has 1 fully saturated rings. The van der Waals surface area contributed by atoms with E-state index in [0.717, 1.165) is 12.2 Å². The molecule has 0 spiro atoms. The number of rotatable bonds is 4. The predicted octanol–water partition coefficient (Wildman–Crippen LogP) is 1.55. The summed E-state index contributed by atoms with van der Waals surface area (Å²) in [7, 11) is 3.54. The Morgan fingerprint density at radius 3 is 3.16 bits per heavy atom. The minimum Gasteiger partial charge on any atom is -0.466 e. The van der Waals surface area contributed by atoms with E-state index in [4.69, 9.17) is 0 Å². The molecule has 0 N–H and O–H groups in total. The maximum Gasteiger partial charge on any atom is 0.330 e. The number of carbonyl (C=O) groups is 1. The molecule has 1 unspecified atom stereocenters. The Balaban J connectivity index is 1.93. The number of nitrogens with zero attached hydrogens (tertiary/aromatic N) is 3. The summed E-state index contributed by atoms with van der Waals surface area (Å²) in [5.74, 6) is -0.360. The highest BCUT2D eigenvalue weighted by Crippen LogP contribution is 2.16. The summed E-state index contributed by atoms with van der Waals surface area (Å²) in [5.41, 5.74) is 0.781. The Morgan fingerprint density at radius 1 is 1.58 bits per heavy atom. The van der Waals surface area contributed by atoms with Crippen molar-refractivity contribution in [2.45, 2.75) is 31.8 Å². The molecule has 0 saturated carbocycles. The van der Waals surface area contributed by atoms with E-state index in [2.05, 4.69) is 21.8 Å². The van der Waals surface area contributed by atoms with E-state index in [1.165, 1.54) is 39.0 Å². The molecular weight excluding hydrogens is 242 g/mol. The van der Waals surface area contributed by atoms with Gasteiger partial charge in [0.15, 0.2) is 0 Å². The van der Waals surface area contributed by atoms with E-state index in [1.807, 2.05) is 16.9 Å². The average molecular weight is 263 g/mol. The molecule has 1 saturated heterocycles. The van der Waals surface area contributed by atoms with Gasteiger partial charge in [-0.2, -0.15) is 5.10 Å². The SMILES string of the molecule is COC(=O)/C=C/c1ccn(CC2CCCCN2C)n1. The first-order chi connectivity index (χ1) is 9.19. The van der Waals surface area contributed by atoms with Gasteiger partial charge in [0.1, 0.15) is 0 Å². The number of likely N-dealkylation sites (N-methyl/N-ethyl adjacent to an activating group) is 1. The Morgan fingerprint density at radius 2 is 2.42 bits per heavy atom. The largest absolute Gasteiger partial charge is 0.466 e. The van der Waals surface area contributed by atoms with E-state index < -0.39 is 0 Å². The van der Waals surface area contributed by atoms with Crippen molar-refractivity contribution in [1.29, 1.82) is 0 Å². The summed E-state index contributed by atoms with van der Waals surface area (Å²) in [6.07, 6.45) is 8.83. The topological polar surface area (TPSA) is 47.4 Å². The monoisotopic (exact) mass is 263 g/mol. The lowest BCUT2D eigenvalue weighted by Crippen LogP contribution is -2.39. The van der Waals surface area contributed by atoms with Crippen LogP contribution in [0.5, 0.6) is 0 Å². The molecule has 5 nitrogen and oxygen atoms in total. The van der Waals surface area contributed by atoms with Gasteiger partial charge < -0.3 is 9.64 Å². The maximum atomic E-state index is 11.0. The molecule has 0 aliphatic carbocycles. The number of piperidine rings is 1. The summed E-state index contributed by atoms with van der Waals surface area (Å²) in [6.45, 7) is 2.07. The fourth-order valence-electron chi connectivity index (χ4n) is 2.38. The average Bonchev–Trinajstić information content (AvgIpc) is 2.86. The third kappa shape index (κ3) is 3.92. The fourth-order valence-corrected chi connectivity index (χ4v) is 2.38. The van der Waals surface area contributed by atoms with E-state index in [0.29, 0.717) is 6.04 Å². The number of likely N-dealkylation sites (tertiary alicyclic amines) is 1. The van der Waals surface area contributed by atoms with Crippen LogP contribution in [-0.4, -0.2) is 47.4 Å². The molecule has 1 atom stereocenters. The van der Waals surface area contributed by atoms with Gasteiger partial charge in [-0.3, -0.25) is 4.68 Å². The van der Waals surface area contributed by atoms with Gasteiger partial charge in [-0.15, -0.1) is 0 Å². The number of carbonyl (C=O) groups excluding carboxylic acids is 1. The van der Waals surface area contributed by atoms with Crippen LogP contribution in [0.25, 0.3) is 6.08 Å². The number of methoxy groups -OCH3 is 1. The lowest BCUT2D eigenvalue weighted by atomic mass is 10.0. The minimum absolute atomic E-state index is 0.360. The van der Waals surface area contributed by atoms with Gasteiger partial charge in [-0.25, -0.2) is 4.79 Å². The molecule has 2 rings (SSSR count). The van der Waals surface area contributed by atoms with Crippen molar-refractivity contribution in [3.05, 3.63) is 24.0 Å². The zero-order chi connectivity index (χ0) is 13.7. The Kier molecular flexibility index (Phi) is 4.74. The molecule has 1 aromatic heterocycles. The highest BCUT2D eigenvalue weighted by atomic mass is 16.5. The second kappa shape index (κ2) is 6.52. The Labute approximate surface area is 113 Å². The molecular formula is C14H21N3O2. The third-order valence-corrected chi connectivity index (χ3v) is 3.57. The first-order valence-electron chi connectivity index (χ1n) is 6.69. The van der Waals surface area contributed by atoms with Crippen LogP contribution >= 0.6 is 0 Å². The molecule has 1 aliphatic heterocycles. The van der Waals surface area contributed by atoms with Gasteiger partial charge in [0.05, 0.1) is 19.3 Å². The molecule has 104 valence electrons. The van der Waals surface area contributed by atoms with E-state index in [9.17, 15) is 4.79 Å². The molecule has 5 heteroatoms. The van der Waals surface area contributed by atoms with Crippen LogP contribution in [0.3, 0.4) is 0 Å². The third-order valence-electron chi connectivity index (χ3n) is 3.57. The smallest absolute Gasteiger partial charge is 0.330 e. The van der Waals surface area contributed by atoms with Crippen molar-refractivity contribution in [2.24, 2.45) is 0 Å². The van der Waals surface area contributed by atoms with Gasteiger partial charge in [-0.05, 0) is 38.6 Å². The van der Waals surface area contributed by atoms with Crippen molar-refractivity contribution in [3.63, 3.8) is 0 Å². The standard InChI is InChI=1S/C14H21N3O2/c1-16-9-4-3-5-13(16)11-17-10-8-12(15-17)6-7-14(18)19-2/h6-8,10,13H,3-5,9,11H2,1-2H3/b7-6+. The lowest BCUT2D eigenvalue weighted by Gasteiger charge is -2.32. The lowest BCUT2D eigenvalue weighted by molar-refractivity contribution is -0.134. The predicted molar refractivity (Wildman–Crippen MR) is 73.5 cm³/mol. The highest BCUT2D eigenvalue weighted by Gasteiger charge is 2.19. The molecule has 19 heavy (non-hydrogen) atoms. The van der Waals surface area contributed by atoms with Gasteiger partial charge in [0.25, 0.3) is 0 Å². The highest BCUT2D eigenvalue weighted by molar-refractivity contribution is 5.86. The van der Waals surface area contributed by atoms with Gasteiger partial charge in [0, 0.05) is 18.3 Å². The van der Waals surface area contributed by atoms with Crippen LogP contribution in [0.4, 0.5) is 0 Å². The molecule has 0 aromatic carbocycles. The number of ether oxygens (including phenoxy) is 1. The molecule has 0 bridgehead atoms. The number of esters is 1. The van der Waals surface area contributed by atoms with Crippen molar-refractivity contribution in [1.82, 2.24) is 14.7 Å². The number of hydrogen-bond donors (Lipinski definition) is 0. The van der Waals surface area contributed by atoms with Crippen molar-refractivity contribution >= 4 is 12.0 Å². The second-order valence-electron chi connectivity index (χ2n) is 4.95. The normalized spacial score (nSPS) is 20.8. The summed E-state index contributed by atoms with van der Waals surface area (Å²) >= 11 is 0. The van der Waals surface area contributed by atoms with Crippen molar-refractivity contribution in [2.75, 3.05) is 20.7 Å². The summed E-state index contributed by atoms with van der Waals surface area (Å²) in [6, 6.07) is 2.47. The molecule has 2 heterocycles. The minimum atomic E-state index is -0.360. The van der Waals surface area contributed by atoms with E-state index >= 15 is 0 Å². The van der Waals surface area contributed by atoms with E-state index in [-0.39, 0.29) is 5.97 Å². The van der Waals surface area contributed by atoms with Crippen LogP contribution in [0.2, 0.25) is 0 Å². The van der Waals surface area contributed by atoms with E-state index in [1.54, 1.807) is 6.08 Å². The number of hydrogen-bond acceptors (Lipinski definition) is 4. The molecule has 0 amide bonds. The zero-order valence-corrected chi connectivity index (χ0v) is 11.6. The van der Waals surface area contributed by atoms with Crippen molar-refractivity contribution in [3.8, 4) is 0 Å². The Hall–Kier alpha value is -1.62. The fraction of sp³-hybridized carbons (Fsp3) is 0.571. The Bertz CT molecular complexity index is 453. The van der Waals surface area contributed by atoms with Crippen LogP contribution in [-0.2, 0) is 16.1 Å².